The van der Waals surface area contributed by atoms with Crippen molar-refractivity contribution < 1.29 is 22.7 Å². The number of alkyl halides is 1. The van der Waals surface area contributed by atoms with Gasteiger partial charge in [-0.2, -0.15) is 4.39 Å². The Morgan fingerprint density at radius 2 is 2.18 bits per heavy atom. The molecule has 0 aromatic heterocycles. The molecule has 6 heteroatoms. The number of halogens is 3. The average Bonchev–Trinajstić information content (AvgIpc) is 2.30. The van der Waals surface area contributed by atoms with Gasteiger partial charge in [-0.15, -0.1) is 6.42 Å². The lowest BCUT2D eigenvalue weighted by Gasteiger charge is -2.29. The van der Waals surface area contributed by atoms with Gasteiger partial charge in [0.2, 0.25) is 0 Å². The van der Waals surface area contributed by atoms with Crippen LogP contribution in [0.4, 0.5) is 18.9 Å². The molecule has 1 amide bonds. The number of rotatable bonds is 1. The van der Waals surface area contributed by atoms with Crippen molar-refractivity contribution in [3.05, 3.63) is 23.8 Å². The molecule has 0 bridgehead atoms. The van der Waals surface area contributed by atoms with E-state index in [-0.39, 0.29) is 12.3 Å². The van der Waals surface area contributed by atoms with E-state index in [1.54, 1.807) is 0 Å². The number of benzene rings is 1. The zero-order chi connectivity index (χ0) is 12.6. The van der Waals surface area contributed by atoms with Crippen molar-refractivity contribution in [1.82, 2.24) is 0 Å². The lowest BCUT2D eigenvalue weighted by atomic mass is 10.2. The molecule has 0 fully saturated rings. The third kappa shape index (κ3) is 1.69. The van der Waals surface area contributed by atoms with Crippen molar-refractivity contribution >= 4 is 11.6 Å². The zero-order valence-electron chi connectivity index (χ0n) is 8.41. The minimum atomic E-state index is -2.26. The molecule has 1 aromatic rings. The molecule has 0 aliphatic carbocycles. The Bertz CT molecular complexity index is 524. The van der Waals surface area contributed by atoms with Crippen molar-refractivity contribution in [3.8, 4) is 18.1 Å². The lowest BCUT2D eigenvalue weighted by molar-refractivity contribution is -0.133. The number of ether oxygens (including phenoxy) is 1. The van der Waals surface area contributed by atoms with Crippen LogP contribution in [0.1, 0.15) is 0 Å². The summed E-state index contributed by atoms with van der Waals surface area (Å²) in [7, 11) is 0. The molecule has 0 N–H and O–H groups in total. The van der Waals surface area contributed by atoms with E-state index in [0.717, 1.165) is 12.1 Å². The van der Waals surface area contributed by atoms with E-state index < -0.39 is 29.6 Å². The third-order valence-electron chi connectivity index (χ3n) is 2.24. The van der Waals surface area contributed by atoms with Gasteiger partial charge in [0.25, 0.3) is 0 Å². The molecule has 0 radical (unpaired) electrons. The van der Waals surface area contributed by atoms with Crippen LogP contribution >= 0.6 is 0 Å². The fourth-order valence-electron chi connectivity index (χ4n) is 1.51. The second kappa shape index (κ2) is 4.01. The molecule has 3 nitrogen and oxygen atoms in total. The summed E-state index contributed by atoms with van der Waals surface area (Å²) < 4.78 is 44.2. The van der Waals surface area contributed by atoms with Crippen LogP contribution in [0.15, 0.2) is 12.1 Å². The van der Waals surface area contributed by atoms with E-state index in [1.165, 1.54) is 0 Å². The number of fused-ring (bicyclic) bond motifs is 1. The number of terminal acetylenes is 1. The van der Waals surface area contributed by atoms with E-state index in [9.17, 15) is 18.0 Å². The smallest absolute Gasteiger partial charge is 0.317 e. The van der Waals surface area contributed by atoms with Crippen LogP contribution in [-0.4, -0.2) is 18.8 Å². The minimum absolute atomic E-state index is 0.258. The molecule has 88 valence electrons. The number of carbonyl (C=O) groups excluding carboxylic acids is 1. The predicted octanol–water partition coefficient (Wildman–Crippen LogP) is 1.62. The Hall–Kier alpha value is -2.16. The van der Waals surface area contributed by atoms with Crippen LogP contribution in [0.5, 0.6) is 5.75 Å². The molecule has 1 aliphatic heterocycles. The van der Waals surface area contributed by atoms with Crippen molar-refractivity contribution in [1.29, 1.82) is 0 Å². The summed E-state index contributed by atoms with van der Waals surface area (Å²) in [5.74, 6) is -1.80. The summed E-state index contributed by atoms with van der Waals surface area (Å²) in [5, 5.41) is 0. The predicted molar refractivity (Wildman–Crippen MR) is 53.1 cm³/mol. The van der Waals surface area contributed by atoms with Gasteiger partial charge < -0.3 is 4.74 Å². The molecule has 1 aromatic carbocycles. The summed E-state index contributed by atoms with van der Waals surface area (Å²) in [6.07, 6.45) is 2.73. The molecular weight excluding hydrogens is 235 g/mol. The van der Waals surface area contributed by atoms with E-state index in [0.29, 0.717) is 4.90 Å². The maximum Gasteiger partial charge on any atom is 0.317 e. The summed E-state index contributed by atoms with van der Waals surface area (Å²) >= 11 is 0. The summed E-state index contributed by atoms with van der Waals surface area (Å²) in [5.41, 5.74) is -0.471. The first-order valence-corrected chi connectivity index (χ1v) is 4.60. The number of hydrogen-bond donors (Lipinski definition) is 0. The van der Waals surface area contributed by atoms with Crippen LogP contribution in [0.2, 0.25) is 0 Å². The Morgan fingerprint density at radius 3 is 2.82 bits per heavy atom. The fraction of sp³-hybridized carbons (Fsp3) is 0.182. The molecule has 1 heterocycles. The minimum Gasteiger partial charge on any atom is -0.449 e. The van der Waals surface area contributed by atoms with Crippen molar-refractivity contribution in [3.63, 3.8) is 0 Å². The van der Waals surface area contributed by atoms with Crippen molar-refractivity contribution in [2.75, 3.05) is 11.4 Å². The van der Waals surface area contributed by atoms with Gasteiger partial charge in [-0.25, -0.2) is 8.78 Å². The second-order valence-electron chi connectivity index (χ2n) is 3.27. The molecule has 0 saturated carbocycles. The Labute approximate surface area is 94.8 Å². The van der Waals surface area contributed by atoms with Crippen LogP contribution in [0, 0.1) is 24.0 Å². The largest absolute Gasteiger partial charge is 0.449 e. The number of hydrogen-bond acceptors (Lipinski definition) is 2. The molecule has 2 rings (SSSR count). The first-order valence-electron chi connectivity index (χ1n) is 4.60. The van der Waals surface area contributed by atoms with Crippen molar-refractivity contribution in [2.24, 2.45) is 0 Å². The Balaban J connectivity index is 2.60. The molecule has 1 atom stereocenters. The molecule has 1 aliphatic rings. The monoisotopic (exact) mass is 241 g/mol. The normalized spacial score (nSPS) is 18.4. The first-order chi connectivity index (χ1) is 8.06. The number of carbonyl (C=O) groups is 1. The number of amides is 1. The Morgan fingerprint density at radius 1 is 1.47 bits per heavy atom. The SMILES string of the molecule is C#CCN1C(=O)C(F)Oc2ccc(F)c(F)c21. The van der Waals surface area contributed by atoms with Gasteiger partial charge in [0, 0.05) is 0 Å². The van der Waals surface area contributed by atoms with Gasteiger partial charge in [-0.05, 0) is 12.1 Å². The van der Waals surface area contributed by atoms with Gasteiger partial charge in [-0.1, -0.05) is 5.92 Å². The van der Waals surface area contributed by atoms with E-state index in [2.05, 4.69) is 10.7 Å². The summed E-state index contributed by atoms with van der Waals surface area (Å²) in [6.45, 7) is -0.365. The number of nitrogens with zero attached hydrogens (tertiary/aromatic N) is 1. The molecule has 0 saturated heterocycles. The van der Waals surface area contributed by atoms with Gasteiger partial charge in [0.1, 0.15) is 5.69 Å². The highest BCUT2D eigenvalue weighted by molar-refractivity contribution is 5.99. The fourth-order valence-corrected chi connectivity index (χ4v) is 1.51. The molecule has 1 unspecified atom stereocenters. The highest BCUT2D eigenvalue weighted by Crippen LogP contribution is 2.37. The zero-order valence-corrected chi connectivity index (χ0v) is 8.41. The van der Waals surface area contributed by atoms with Crippen LogP contribution in [-0.2, 0) is 4.79 Å². The van der Waals surface area contributed by atoms with Gasteiger partial charge in [0.05, 0.1) is 6.54 Å². The number of anilines is 1. The van der Waals surface area contributed by atoms with E-state index in [1.807, 2.05) is 0 Å². The molecule has 17 heavy (non-hydrogen) atoms. The topological polar surface area (TPSA) is 29.5 Å². The summed E-state index contributed by atoms with van der Waals surface area (Å²) in [6, 6.07) is 1.82. The first kappa shape index (κ1) is 11.3. The molecule has 0 spiro atoms. The van der Waals surface area contributed by atoms with Crippen LogP contribution in [0.25, 0.3) is 0 Å². The quantitative estimate of drug-likeness (QED) is 0.699. The summed E-state index contributed by atoms with van der Waals surface area (Å²) in [4.78, 5) is 12.0. The van der Waals surface area contributed by atoms with Gasteiger partial charge in [-0.3, -0.25) is 9.69 Å². The standard InChI is InChI=1S/C11H6F3NO2/c1-2-5-15-9-7(17-10(14)11(15)16)4-3-6(12)8(9)13/h1,3-4,10H,5H2. The maximum atomic E-state index is 13.5. The lowest BCUT2D eigenvalue weighted by Crippen LogP contribution is -2.44. The highest BCUT2D eigenvalue weighted by atomic mass is 19.2. The highest BCUT2D eigenvalue weighted by Gasteiger charge is 2.36. The van der Waals surface area contributed by atoms with Gasteiger partial charge >= 0.3 is 12.3 Å². The van der Waals surface area contributed by atoms with Crippen molar-refractivity contribution in [2.45, 2.75) is 6.36 Å². The Kier molecular flexibility index (Phi) is 2.68. The van der Waals surface area contributed by atoms with E-state index in [4.69, 9.17) is 6.42 Å². The second-order valence-corrected chi connectivity index (χ2v) is 3.27. The van der Waals surface area contributed by atoms with Crippen LogP contribution < -0.4 is 9.64 Å². The maximum absolute atomic E-state index is 13.5. The molecular formula is C11H6F3NO2. The van der Waals surface area contributed by atoms with Crippen LogP contribution in [0.3, 0.4) is 0 Å². The van der Waals surface area contributed by atoms with Gasteiger partial charge in [0.15, 0.2) is 17.4 Å². The van der Waals surface area contributed by atoms with E-state index >= 15 is 0 Å². The average molecular weight is 241 g/mol. The third-order valence-corrected chi connectivity index (χ3v) is 2.24.